The van der Waals surface area contributed by atoms with E-state index in [4.69, 9.17) is 0 Å². The number of hydrogen-bond donors (Lipinski definition) is 0. The van der Waals surface area contributed by atoms with Crippen LogP contribution in [0.1, 0.15) is 5.56 Å². The highest BCUT2D eigenvalue weighted by Crippen LogP contribution is 2.26. The van der Waals surface area contributed by atoms with Gasteiger partial charge < -0.3 is 0 Å². The Morgan fingerprint density at radius 2 is 1.57 bits per heavy atom. The third-order valence-corrected chi connectivity index (χ3v) is 4.72. The molecule has 0 N–H and O–H groups in total. The van der Waals surface area contributed by atoms with Gasteiger partial charge in [-0.15, -0.1) is 0 Å². The molecule has 0 bridgehead atoms. The molecule has 0 aliphatic heterocycles. The number of rotatable bonds is 4. The molecular formula is C22H14F2N6. The van der Waals surface area contributed by atoms with Gasteiger partial charge in [-0.1, -0.05) is 18.2 Å². The molecule has 4 aromatic heterocycles. The molecule has 0 aliphatic carbocycles. The molecule has 8 heteroatoms. The van der Waals surface area contributed by atoms with Gasteiger partial charge in [0.15, 0.2) is 11.5 Å². The summed E-state index contributed by atoms with van der Waals surface area (Å²) in [5.41, 5.74) is 2.45. The summed E-state index contributed by atoms with van der Waals surface area (Å²) in [6.45, 7) is 0.221. The number of fused-ring (bicyclic) bond motifs is 1. The van der Waals surface area contributed by atoms with Gasteiger partial charge in [-0.25, -0.2) is 29.0 Å². The van der Waals surface area contributed by atoms with Gasteiger partial charge in [0, 0.05) is 41.5 Å². The Bertz CT molecular complexity index is 1350. The van der Waals surface area contributed by atoms with E-state index in [1.54, 1.807) is 47.3 Å². The molecule has 0 saturated heterocycles. The van der Waals surface area contributed by atoms with Crippen LogP contribution in [0.2, 0.25) is 0 Å². The van der Waals surface area contributed by atoms with Crippen molar-refractivity contribution >= 4 is 11.0 Å². The number of nitrogens with zero attached hydrogens (tertiary/aromatic N) is 6. The van der Waals surface area contributed by atoms with Crippen molar-refractivity contribution in [3.8, 4) is 22.6 Å². The predicted molar refractivity (Wildman–Crippen MR) is 107 cm³/mol. The van der Waals surface area contributed by atoms with Crippen molar-refractivity contribution in [2.24, 2.45) is 0 Å². The van der Waals surface area contributed by atoms with Crippen LogP contribution < -0.4 is 0 Å². The van der Waals surface area contributed by atoms with Crippen LogP contribution in [0.15, 0.2) is 73.3 Å². The second kappa shape index (κ2) is 7.40. The van der Waals surface area contributed by atoms with Crippen LogP contribution in [-0.4, -0.2) is 29.7 Å². The lowest BCUT2D eigenvalue weighted by Crippen LogP contribution is -2.04. The summed E-state index contributed by atoms with van der Waals surface area (Å²) in [6, 6.07) is 13.5. The molecule has 0 spiro atoms. The van der Waals surface area contributed by atoms with Crippen LogP contribution in [0.3, 0.4) is 0 Å². The van der Waals surface area contributed by atoms with Crippen molar-refractivity contribution in [3.05, 3.63) is 90.6 Å². The molecule has 5 rings (SSSR count). The van der Waals surface area contributed by atoms with E-state index in [-0.39, 0.29) is 12.4 Å². The Balaban J connectivity index is 1.56. The zero-order valence-electron chi connectivity index (χ0n) is 15.6. The first-order valence-electron chi connectivity index (χ1n) is 9.19. The second-order valence-electron chi connectivity index (χ2n) is 6.61. The zero-order chi connectivity index (χ0) is 20.5. The average Bonchev–Trinajstić information content (AvgIpc) is 3.14. The zero-order valence-corrected chi connectivity index (χ0v) is 15.6. The average molecular weight is 400 g/mol. The van der Waals surface area contributed by atoms with Crippen LogP contribution in [-0.2, 0) is 6.54 Å². The van der Waals surface area contributed by atoms with Crippen LogP contribution >= 0.6 is 0 Å². The first kappa shape index (κ1) is 18.0. The van der Waals surface area contributed by atoms with Crippen molar-refractivity contribution in [1.82, 2.24) is 29.7 Å². The molecule has 146 valence electrons. The molecule has 5 aromatic rings. The summed E-state index contributed by atoms with van der Waals surface area (Å²) < 4.78 is 29.7. The molecule has 0 amide bonds. The molecule has 0 radical (unpaired) electrons. The Kier molecular flexibility index (Phi) is 4.44. The molecule has 0 aliphatic rings. The fourth-order valence-electron chi connectivity index (χ4n) is 3.26. The van der Waals surface area contributed by atoms with Gasteiger partial charge in [0.2, 0.25) is 5.95 Å². The largest absolute Gasteiger partial charge is 0.242 e. The lowest BCUT2D eigenvalue weighted by Gasteiger charge is -2.04. The number of aromatic nitrogens is 6. The maximum absolute atomic E-state index is 14.1. The van der Waals surface area contributed by atoms with Crippen molar-refractivity contribution < 1.29 is 8.78 Å². The SMILES string of the molecule is Fc1ccccc1Cn1nc(-c2ncc(-c3cccnc3F)cn2)c2cccnc21. The van der Waals surface area contributed by atoms with E-state index < -0.39 is 5.95 Å². The standard InChI is InChI=1S/C22H14F2N6/c23-18-8-2-1-5-14(18)13-30-22-17(7-4-10-26-22)19(29-30)21-27-11-15(12-28-21)16-6-3-9-25-20(16)24/h1-12H,13H2. The minimum atomic E-state index is -0.585. The Morgan fingerprint density at radius 1 is 0.800 bits per heavy atom. The number of benzene rings is 1. The Morgan fingerprint density at radius 3 is 2.37 bits per heavy atom. The molecule has 4 heterocycles. The molecule has 0 atom stereocenters. The highest BCUT2D eigenvalue weighted by atomic mass is 19.1. The van der Waals surface area contributed by atoms with Crippen molar-refractivity contribution in [1.29, 1.82) is 0 Å². The Hall–Kier alpha value is -4.07. The maximum atomic E-state index is 14.1. The first-order chi connectivity index (χ1) is 14.7. The topological polar surface area (TPSA) is 69.4 Å². The molecule has 6 nitrogen and oxygen atoms in total. The summed E-state index contributed by atoms with van der Waals surface area (Å²) in [7, 11) is 0. The van der Waals surface area contributed by atoms with Gasteiger partial charge in [-0.2, -0.15) is 9.49 Å². The van der Waals surface area contributed by atoms with E-state index in [1.807, 2.05) is 6.07 Å². The molecular weight excluding hydrogens is 386 g/mol. The van der Waals surface area contributed by atoms with Crippen LogP contribution in [0.5, 0.6) is 0 Å². The lowest BCUT2D eigenvalue weighted by molar-refractivity contribution is 0.587. The maximum Gasteiger partial charge on any atom is 0.220 e. The van der Waals surface area contributed by atoms with E-state index in [0.717, 1.165) is 5.39 Å². The first-order valence-corrected chi connectivity index (χ1v) is 9.19. The monoisotopic (exact) mass is 400 g/mol. The predicted octanol–water partition coefficient (Wildman–Crippen LogP) is 4.28. The van der Waals surface area contributed by atoms with Gasteiger partial charge >= 0.3 is 0 Å². The van der Waals surface area contributed by atoms with Crippen molar-refractivity contribution in [3.63, 3.8) is 0 Å². The number of halogens is 2. The smallest absolute Gasteiger partial charge is 0.220 e. The molecule has 0 fully saturated rings. The molecule has 0 saturated carbocycles. The van der Waals surface area contributed by atoms with E-state index in [0.29, 0.717) is 33.9 Å². The summed E-state index contributed by atoms with van der Waals surface area (Å²) in [5, 5.41) is 5.34. The van der Waals surface area contributed by atoms with Gasteiger partial charge in [0.05, 0.1) is 11.9 Å². The summed E-state index contributed by atoms with van der Waals surface area (Å²) in [4.78, 5) is 16.8. The summed E-state index contributed by atoms with van der Waals surface area (Å²) in [6.07, 6.45) is 6.09. The summed E-state index contributed by atoms with van der Waals surface area (Å²) in [5.74, 6) is -0.524. The number of hydrogen-bond acceptors (Lipinski definition) is 5. The molecule has 30 heavy (non-hydrogen) atoms. The highest BCUT2D eigenvalue weighted by Gasteiger charge is 2.17. The van der Waals surface area contributed by atoms with Gasteiger partial charge in [0.1, 0.15) is 11.5 Å². The van der Waals surface area contributed by atoms with Crippen LogP contribution in [0.25, 0.3) is 33.7 Å². The third kappa shape index (κ3) is 3.18. The van der Waals surface area contributed by atoms with Gasteiger partial charge in [0.25, 0.3) is 0 Å². The molecule has 0 unspecified atom stereocenters. The van der Waals surface area contributed by atoms with Crippen LogP contribution in [0, 0.1) is 11.8 Å². The van der Waals surface area contributed by atoms with Crippen molar-refractivity contribution in [2.45, 2.75) is 6.54 Å². The van der Waals surface area contributed by atoms with Gasteiger partial charge in [-0.05, 0) is 30.3 Å². The fourth-order valence-corrected chi connectivity index (χ4v) is 3.26. The lowest BCUT2D eigenvalue weighted by atomic mass is 10.1. The molecule has 1 aromatic carbocycles. The van der Waals surface area contributed by atoms with E-state index in [2.05, 4.69) is 25.0 Å². The quantitative estimate of drug-likeness (QED) is 0.421. The van der Waals surface area contributed by atoms with Gasteiger partial charge in [-0.3, -0.25) is 0 Å². The number of pyridine rings is 2. The normalized spacial score (nSPS) is 11.1. The van der Waals surface area contributed by atoms with E-state index in [1.165, 1.54) is 24.7 Å². The van der Waals surface area contributed by atoms with E-state index in [9.17, 15) is 8.78 Å². The van der Waals surface area contributed by atoms with Crippen molar-refractivity contribution in [2.75, 3.05) is 0 Å². The Labute approximate surface area is 169 Å². The minimum Gasteiger partial charge on any atom is -0.242 e. The fraction of sp³-hybridized carbons (Fsp3) is 0.0455. The summed E-state index contributed by atoms with van der Waals surface area (Å²) >= 11 is 0. The second-order valence-corrected chi connectivity index (χ2v) is 6.61. The van der Waals surface area contributed by atoms with Crippen LogP contribution in [0.4, 0.5) is 8.78 Å². The van der Waals surface area contributed by atoms with E-state index >= 15 is 0 Å². The minimum absolute atomic E-state index is 0.221. The third-order valence-electron chi connectivity index (χ3n) is 4.72. The highest BCUT2D eigenvalue weighted by molar-refractivity contribution is 5.89.